The third kappa shape index (κ3) is 5.96. The Morgan fingerprint density at radius 1 is 0.923 bits per heavy atom. The number of ether oxygens (including phenoxy) is 2. The van der Waals surface area contributed by atoms with Crippen LogP contribution in [0.4, 0.5) is 11.4 Å². The second-order valence-electron chi connectivity index (χ2n) is 9.27. The Morgan fingerprint density at radius 3 is 2.46 bits per heavy atom. The first-order valence-electron chi connectivity index (χ1n) is 12.5. The van der Waals surface area contributed by atoms with Gasteiger partial charge in [-0.05, 0) is 54.8 Å². The molecule has 1 heterocycles. The van der Waals surface area contributed by atoms with E-state index in [-0.39, 0.29) is 24.7 Å². The van der Waals surface area contributed by atoms with Gasteiger partial charge in [0.05, 0.1) is 5.92 Å². The number of ketones is 1. The van der Waals surface area contributed by atoms with Gasteiger partial charge in [-0.25, -0.2) is 0 Å². The van der Waals surface area contributed by atoms with Crippen molar-refractivity contribution in [2.75, 3.05) is 23.4 Å². The summed E-state index contributed by atoms with van der Waals surface area (Å²) in [5, 5.41) is 4.68. The van der Waals surface area contributed by atoms with Crippen LogP contribution in [0.5, 0.6) is 11.5 Å². The van der Waals surface area contributed by atoms with Gasteiger partial charge in [-0.3, -0.25) is 19.2 Å². The Balaban J connectivity index is 1.16. The molecule has 0 unspecified atom stereocenters. The van der Waals surface area contributed by atoms with Gasteiger partial charge in [-0.15, -0.1) is 0 Å². The number of esters is 1. The van der Waals surface area contributed by atoms with Crippen molar-refractivity contribution in [2.45, 2.75) is 13.3 Å². The lowest BCUT2D eigenvalue weighted by atomic mass is 10.1. The van der Waals surface area contributed by atoms with E-state index in [1.54, 1.807) is 48.5 Å². The molecule has 1 aliphatic rings. The van der Waals surface area contributed by atoms with E-state index in [0.29, 0.717) is 22.7 Å². The molecule has 8 heteroatoms. The van der Waals surface area contributed by atoms with Crippen molar-refractivity contribution in [2.24, 2.45) is 5.92 Å². The average Bonchev–Trinajstić information content (AvgIpc) is 3.34. The van der Waals surface area contributed by atoms with Crippen LogP contribution in [-0.2, 0) is 19.1 Å². The second kappa shape index (κ2) is 11.2. The first kappa shape index (κ1) is 25.7. The van der Waals surface area contributed by atoms with Gasteiger partial charge in [-0.1, -0.05) is 48.5 Å². The van der Waals surface area contributed by atoms with Crippen LogP contribution in [-0.4, -0.2) is 36.7 Å². The van der Waals surface area contributed by atoms with Gasteiger partial charge in [0.25, 0.3) is 5.91 Å². The fraction of sp³-hybridized carbons (Fsp3) is 0.161. The van der Waals surface area contributed by atoms with Crippen LogP contribution in [0.2, 0.25) is 0 Å². The monoisotopic (exact) mass is 522 g/mol. The number of anilines is 2. The number of benzene rings is 4. The zero-order valence-corrected chi connectivity index (χ0v) is 21.3. The largest absolute Gasteiger partial charge is 0.457 e. The lowest BCUT2D eigenvalue weighted by Gasteiger charge is -2.17. The Hall–Kier alpha value is -4.98. The molecule has 0 saturated carbocycles. The molecular formula is C31H26N2O6. The molecule has 0 aliphatic carbocycles. The number of fused-ring (bicyclic) bond motifs is 1. The highest BCUT2D eigenvalue weighted by Crippen LogP contribution is 2.32. The van der Waals surface area contributed by atoms with Crippen LogP contribution in [0, 0.1) is 5.92 Å². The molecule has 4 aromatic carbocycles. The Labute approximate surface area is 225 Å². The molecule has 0 radical (unpaired) electrons. The highest BCUT2D eigenvalue weighted by atomic mass is 16.5. The van der Waals surface area contributed by atoms with Crippen LogP contribution in [0.15, 0.2) is 91.0 Å². The maximum Gasteiger partial charge on any atom is 0.311 e. The van der Waals surface area contributed by atoms with Crippen LogP contribution in [0.25, 0.3) is 10.8 Å². The number of nitrogens with one attached hydrogen (secondary N) is 1. The minimum absolute atomic E-state index is 0.00460. The molecule has 8 nitrogen and oxygen atoms in total. The maximum atomic E-state index is 12.7. The normalized spacial score (nSPS) is 14.7. The molecule has 0 spiro atoms. The number of amides is 2. The number of hydrogen-bond donors (Lipinski definition) is 1. The number of carbonyl (C=O) groups is 4. The first-order valence-corrected chi connectivity index (χ1v) is 12.5. The number of hydrogen-bond acceptors (Lipinski definition) is 6. The third-order valence-electron chi connectivity index (χ3n) is 6.48. The van der Waals surface area contributed by atoms with Gasteiger partial charge in [-0.2, -0.15) is 0 Å². The van der Waals surface area contributed by atoms with Gasteiger partial charge in [0.15, 0.2) is 12.4 Å². The van der Waals surface area contributed by atoms with Crippen LogP contribution in [0.3, 0.4) is 0 Å². The predicted octanol–water partition coefficient (Wildman–Crippen LogP) is 5.37. The Morgan fingerprint density at radius 2 is 1.67 bits per heavy atom. The smallest absolute Gasteiger partial charge is 0.311 e. The van der Waals surface area contributed by atoms with E-state index in [2.05, 4.69) is 5.32 Å². The minimum atomic E-state index is -0.682. The molecule has 5 rings (SSSR count). The number of nitrogens with zero attached hydrogens (tertiary/aromatic N) is 1. The van der Waals surface area contributed by atoms with E-state index in [9.17, 15) is 19.2 Å². The van der Waals surface area contributed by atoms with E-state index >= 15 is 0 Å². The molecule has 0 aromatic heterocycles. The minimum Gasteiger partial charge on any atom is -0.457 e. The molecule has 1 N–H and O–H groups in total. The molecule has 1 aliphatic heterocycles. The van der Waals surface area contributed by atoms with Gasteiger partial charge in [0, 0.05) is 35.3 Å². The lowest BCUT2D eigenvalue weighted by Crippen LogP contribution is -2.28. The SMILES string of the molecule is CC(=O)c1cccc(NC(=O)COC(=O)[C@@H]2CC(=O)N(c3ccc(Oc4cccc5ccccc45)cc3)C2)c1. The molecule has 1 fully saturated rings. The summed E-state index contributed by atoms with van der Waals surface area (Å²) in [6.45, 7) is 1.10. The summed E-state index contributed by atoms with van der Waals surface area (Å²) in [4.78, 5) is 50.5. The molecule has 39 heavy (non-hydrogen) atoms. The third-order valence-corrected chi connectivity index (χ3v) is 6.48. The summed E-state index contributed by atoms with van der Waals surface area (Å²) in [5.74, 6) is -0.807. The van der Waals surface area contributed by atoms with Crippen molar-refractivity contribution in [3.63, 3.8) is 0 Å². The average molecular weight is 523 g/mol. The second-order valence-corrected chi connectivity index (χ2v) is 9.27. The van der Waals surface area contributed by atoms with Gasteiger partial charge in [0.1, 0.15) is 11.5 Å². The quantitative estimate of drug-likeness (QED) is 0.247. The van der Waals surface area contributed by atoms with E-state index < -0.39 is 24.4 Å². The molecule has 1 atom stereocenters. The summed E-state index contributed by atoms with van der Waals surface area (Å²) in [6.07, 6.45) is -0.00460. The molecule has 1 saturated heterocycles. The lowest BCUT2D eigenvalue weighted by molar-refractivity contribution is -0.151. The summed E-state index contributed by atoms with van der Waals surface area (Å²) < 4.78 is 11.3. The van der Waals surface area contributed by atoms with Crippen molar-refractivity contribution >= 4 is 45.7 Å². The molecule has 4 aromatic rings. The van der Waals surface area contributed by atoms with E-state index in [1.807, 2.05) is 42.5 Å². The number of rotatable bonds is 8. The van der Waals surface area contributed by atoms with Crippen molar-refractivity contribution < 1.29 is 28.7 Å². The summed E-state index contributed by atoms with van der Waals surface area (Å²) in [7, 11) is 0. The fourth-order valence-corrected chi connectivity index (χ4v) is 4.49. The van der Waals surface area contributed by atoms with Gasteiger partial charge < -0.3 is 19.7 Å². The zero-order valence-electron chi connectivity index (χ0n) is 21.3. The standard InChI is InChI=1S/C31H26N2O6/c1-20(34)22-8-4-9-24(16-22)32-29(35)19-38-31(37)23-17-30(36)33(18-23)25-12-14-26(15-13-25)39-28-11-5-7-21-6-2-3-10-27(21)28/h2-16,23H,17-19H2,1H3,(H,32,35)/t23-/m1/s1. The summed E-state index contributed by atoms with van der Waals surface area (Å²) in [5.41, 5.74) is 1.53. The van der Waals surface area contributed by atoms with Crippen molar-refractivity contribution in [3.8, 4) is 11.5 Å². The van der Waals surface area contributed by atoms with Crippen molar-refractivity contribution in [1.29, 1.82) is 0 Å². The summed E-state index contributed by atoms with van der Waals surface area (Å²) in [6, 6.07) is 27.4. The topological polar surface area (TPSA) is 102 Å². The van der Waals surface area contributed by atoms with Gasteiger partial charge >= 0.3 is 5.97 Å². The van der Waals surface area contributed by atoms with Crippen molar-refractivity contribution in [1.82, 2.24) is 0 Å². The number of Topliss-reactive ketones (excluding diaryl/α,β-unsaturated/α-hetero) is 1. The predicted molar refractivity (Wildman–Crippen MR) is 147 cm³/mol. The molecule has 0 bridgehead atoms. The van der Waals surface area contributed by atoms with Crippen LogP contribution in [0.1, 0.15) is 23.7 Å². The maximum absolute atomic E-state index is 12.7. The Bertz CT molecular complexity index is 1560. The molecule has 2 amide bonds. The molecule has 196 valence electrons. The van der Waals surface area contributed by atoms with E-state index in [1.165, 1.54) is 11.8 Å². The zero-order chi connectivity index (χ0) is 27.4. The highest BCUT2D eigenvalue weighted by molar-refractivity contribution is 6.00. The summed E-state index contributed by atoms with van der Waals surface area (Å²) >= 11 is 0. The Kier molecular flexibility index (Phi) is 7.36. The molecular weight excluding hydrogens is 496 g/mol. The highest BCUT2D eigenvalue weighted by Gasteiger charge is 2.36. The number of carbonyl (C=O) groups excluding carboxylic acids is 4. The van der Waals surface area contributed by atoms with Crippen molar-refractivity contribution in [3.05, 3.63) is 96.6 Å². The van der Waals surface area contributed by atoms with Crippen LogP contribution >= 0.6 is 0 Å². The van der Waals surface area contributed by atoms with Crippen LogP contribution < -0.4 is 15.0 Å². The van der Waals surface area contributed by atoms with E-state index in [0.717, 1.165) is 16.5 Å². The first-order chi connectivity index (χ1) is 18.9. The van der Waals surface area contributed by atoms with E-state index in [4.69, 9.17) is 9.47 Å². The van der Waals surface area contributed by atoms with Gasteiger partial charge in [0.2, 0.25) is 5.91 Å². The fourth-order valence-electron chi connectivity index (χ4n) is 4.49.